The number of ether oxygens (including phenoxy) is 2. The Balaban J connectivity index is 2.11. The van der Waals surface area contributed by atoms with Gasteiger partial charge < -0.3 is 14.6 Å². The molecule has 1 aliphatic rings. The van der Waals surface area contributed by atoms with Crippen LogP contribution in [-0.2, 0) is 9.59 Å². The van der Waals surface area contributed by atoms with Crippen molar-refractivity contribution in [1.82, 2.24) is 0 Å². The molecule has 1 aliphatic heterocycles. The van der Waals surface area contributed by atoms with E-state index in [0.717, 1.165) is 34.9 Å². The third-order valence-electron chi connectivity index (χ3n) is 4.21. The zero-order valence-electron chi connectivity index (χ0n) is 15.6. The Kier molecular flexibility index (Phi) is 6.19. The van der Waals surface area contributed by atoms with Crippen LogP contribution in [0.1, 0.15) is 5.56 Å². The summed E-state index contributed by atoms with van der Waals surface area (Å²) in [5.41, 5.74) is 0.391. The van der Waals surface area contributed by atoms with E-state index in [1.807, 2.05) is 0 Å². The minimum Gasteiger partial charge on any atom is -0.493 e. The molecule has 0 saturated heterocycles. The number of rotatable bonds is 7. The van der Waals surface area contributed by atoms with E-state index in [2.05, 4.69) is 0 Å². The summed E-state index contributed by atoms with van der Waals surface area (Å²) in [6.07, 6.45) is 0. The number of imide groups is 1. The number of thioether (sulfide) groups is 1. The third-order valence-corrected chi connectivity index (χ3v) is 5.27. The van der Waals surface area contributed by atoms with Crippen molar-refractivity contribution in [2.45, 2.75) is 0 Å². The van der Waals surface area contributed by atoms with E-state index in [1.165, 1.54) is 14.2 Å². The SMILES string of the molecule is COc1ccc(C2=C(SCCO)C(=O)N(c3ccc(F)c(F)c3)C2=O)cc1OC. The molecule has 1 heterocycles. The monoisotopic (exact) mass is 421 g/mol. The molecule has 9 heteroatoms. The van der Waals surface area contributed by atoms with Crippen LogP contribution in [0.4, 0.5) is 14.5 Å². The lowest BCUT2D eigenvalue weighted by atomic mass is 10.1. The predicted octanol–water partition coefficient (Wildman–Crippen LogP) is 2.99. The molecule has 0 aromatic heterocycles. The first-order chi connectivity index (χ1) is 13.9. The number of aliphatic hydroxyl groups is 1. The highest BCUT2D eigenvalue weighted by atomic mass is 32.2. The molecule has 2 aromatic rings. The van der Waals surface area contributed by atoms with Gasteiger partial charge in [-0.05, 0) is 29.8 Å². The summed E-state index contributed by atoms with van der Waals surface area (Å²) in [7, 11) is 2.90. The molecule has 0 unspecified atom stereocenters. The summed E-state index contributed by atoms with van der Waals surface area (Å²) in [6, 6.07) is 7.52. The van der Waals surface area contributed by atoms with Crippen LogP contribution < -0.4 is 14.4 Å². The van der Waals surface area contributed by atoms with E-state index in [9.17, 15) is 18.4 Å². The summed E-state index contributed by atoms with van der Waals surface area (Å²) in [5.74, 6) is -2.65. The standard InChI is InChI=1S/C20H17F2NO5S/c1-27-15-6-3-11(9-16(15)28-2)17-18(29-8-7-24)20(26)23(19(17)25)12-4-5-13(21)14(22)10-12/h3-6,9-10,24H,7-8H2,1-2H3. The maximum atomic E-state index is 13.7. The molecule has 152 valence electrons. The van der Waals surface area contributed by atoms with Gasteiger partial charge in [-0.3, -0.25) is 9.59 Å². The van der Waals surface area contributed by atoms with Crippen molar-refractivity contribution in [1.29, 1.82) is 0 Å². The van der Waals surface area contributed by atoms with Gasteiger partial charge in [-0.1, -0.05) is 6.07 Å². The molecule has 0 spiro atoms. The summed E-state index contributed by atoms with van der Waals surface area (Å²) in [5, 5.41) is 9.15. The summed E-state index contributed by atoms with van der Waals surface area (Å²) < 4.78 is 37.4. The van der Waals surface area contributed by atoms with Crippen molar-refractivity contribution in [2.75, 3.05) is 31.5 Å². The fourth-order valence-corrected chi connectivity index (χ4v) is 3.76. The van der Waals surface area contributed by atoms with Crippen molar-refractivity contribution in [3.8, 4) is 11.5 Å². The van der Waals surface area contributed by atoms with E-state index in [0.29, 0.717) is 17.1 Å². The highest BCUT2D eigenvalue weighted by Gasteiger charge is 2.40. The molecule has 2 amide bonds. The Morgan fingerprint density at radius 2 is 1.69 bits per heavy atom. The Labute approximate surface area is 169 Å². The van der Waals surface area contributed by atoms with E-state index >= 15 is 0 Å². The Morgan fingerprint density at radius 1 is 0.966 bits per heavy atom. The molecule has 1 N–H and O–H groups in total. The zero-order valence-corrected chi connectivity index (χ0v) is 16.4. The number of nitrogens with zero attached hydrogens (tertiary/aromatic N) is 1. The number of hydrogen-bond donors (Lipinski definition) is 1. The first-order valence-corrected chi connectivity index (χ1v) is 9.45. The van der Waals surface area contributed by atoms with Crippen molar-refractivity contribution in [2.24, 2.45) is 0 Å². The van der Waals surface area contributed by atoms with Gasteiger partial charge in [-0.2, -0.15) is 0 Å². The maximum Gasteiger partial charge on any atom is 0.272 e. The van der Waals surface area contributed by atoms with Crippen LogP contribution in [0.3, 0.4) is 0 Å². The molecule has 2 aromatic carbocycles. The van der Waals surface area contributed by atoms with Crippen LogP contribution >= 0.6 is 11.8 Å². The molecule has 0 fully saturated rings. The topological polar surface area (TPSA) is 76.1 Å². The lowest BCUT2D eigenvalue weighted by Crippen LogP contribution is -2.31. The predicted molar refractivity (Wildman–Crippen MR) is 105 cm³/mol. The number of carbonyl (C=O) groups excluding carboxylic acids is 2. The van der Waals surface area contributed by atoms with E-state index < -0.39 is 23.4 Å². The van der Waals surface area contributed by atoms with Crippen LogP contribution in [0, 0.1) is 11.6 Å². The van der Waals surface area contributed by atoms with Gasteiger partial charge in [0.05, 0.1) is 37.0 Å². The fraction of sp³-hybridized carbons (Fsp3) is 0.200. The summed E-state index contributed by atoms with van der Waals surface area (Å²) >= 11 is 1.01. The van der Waals surface area contributed by atoms with Gasteiger partial charge in [0.25, 0.3) is 11.8 Å². The second kappa shape index (κ2) is 8.62. The number of amides is 2. The first kappa shape index (κ1) is 20.8. The number of aliphatic hydroxyl groups excluding tert-OH is 1. The van der Waals surface area contributed by atoms with E-state index in [-0.39, 0.29) is 28.5 Å². The van der Waals surface area contributed by atoms with Crippen molar-refractivity contribution in [3.05, 3.63) is 58.5 Å². The van der Waals surface area contributed by atoms with Crippen LogP contribution in [0.25, 0.3) is 5.57 Å². The van der Waals surface area contributed by atoms with Gasteiger partial charge in [0.15, 0.2) is 23.1 Å². The molecule has 29 heavy (non-hydrogen) atoms. The molecular weight excluding hydrogens is 404 g/mol. The average molecular weight is 421 g/mol. The molecule has 3 rings (SSSR count). The highest BCUT2D eigenvalue weighted by molar-refractivity contribution is 8.04. The molecule has 0 atom stereocenters. The minimum atomic E-state index is -1.17. The van der Waals surface area contributed by atoms with Crippen LogP contribution in [-0.4, -0.2) is 43.5 Å². The molecule has 0 saturated carbocycles. The number of hydrogen-bond acceptors (Lipinski definition) is 6. The van der Waals surface area contributed by atoms with Gasteiger partial charge in [-0.25, -0.2) is 13.7 Å². The quantitative estimate of drug-likeness (QED) is 0.693. The fourth-order valence-electron chi connectivity index (χ4n) is 2.90. The van der Waals surface area contributed by atoms with Crippen molar-refractivity contribution < 1.29 is 33.0 Å². The Hall–Kier alpha value is -2.91. The second-order valence-corrected chi connectivity index (χ2v) is 7.00. The number of carbonyl (C=O) groups is 2. The average Bonchev–Trinajstić information content (AvgIpc) is 2.97. The van der Waals surface area contributed by atoms with Gasteiger partial charge in [0.2, 0.25) is 0 Å². The van der Waals surface area contributed by atoms with Crippen LogP contribution in [0.2, 0.25) is 0 Å². The zero-order chi connectivity index (χ0) is 21.1. The number of methoxy groups -OCH3 is 2. The molecule has 0 bridgehead atoms. The van der Waals surface area contributed by atoms with Gasteiger partial charge >= 0.3 is 0 Å². The van der Waals surface area contributed by atoms with E-state index in [4.69, 9.17) is 14.6 Å². The second-order valence-electron chi connectivity index (χ2n) is 5.89. The summed E-state index contributed by atoms with van der Waals surface area (Å²) in [6.45, 7) is -0.208. The van der Waals surface area contributed by atoms with Gasteiger partial charge in [-0.15, -0.1) is 11.8 Å². The molecular formula is C20H17F2NO5S. The first-order valence-electron chi connectivity index (χ1n) is 8.47. The largest absolute Gasteiger partial charge is 0.493 e. The number of halogens is 2. The van der Waals surface area contributed by atoms with Crippen LogP contribution in [0.5, 0.6) is 11.5 Å². The number of benzene rings is 2. The normalized spacial score (nSPS) is 14.0. The summed E-state index contributed by atoms with van der Waals surface area (Å²) in [4.78, 5) is 27.0. The minimum absolute atomic E-state index is 0.0825. The third kappa shape index (κ3) is 3.83. The van der Waals surface area contributed by atoms with E-state index in [1.54, 1.807) is 18.2 Å². The lowest BCUT2D eigenvalue weighted by Gasteiger charge is -2.15. The molecule has 0 aliphatic carbocycles. The van der Waals surface area contributed by atoms with Crippen molar-refractivity contribution >= 4 is 34.8 Å². The van der Waals surface area contributed by atoms with Gasteiger partial charge in [0, 0.05) is 11.8 Å². The Bertz CT molecular complexity index is 1010. The molecule has 6 nitrogen and oxygen atoms in total. The number of anilines is 1. The van der Waals surface area contributed by atoms with Gasteiger partial charge in [0.1, 0.15) is 0 Å². The highest BCUT2D eigenvalue weighted by Crippen LogP contribution is 2.40. The smallest absolute Gasteiger partial charge is 0.272 e. The molecule has 0 radical (unpaired) electrons. The van der Waals surface area contributed by atoms with Crippen molar-refractivity contribution in [3.63, 3.8) is 0 Å². The van der Waals surface area contributed by atoms with Crippen LogP contribution in [0.15, 0.2) is 41.3 Å². The Morgan fingerprint density at radius 3 is 2.31 bits per heavy atom. The lowest BCUT2D eigenvalue weighted by molar-refractivity contribution is -0.119. The maximum absolute atomic E-state index is 13.7.